The van der Waals surface area contributed by atoms with Gasteiger partial charge in [-0.2, -0.15) is 0 Å². The third kappa shape index (κ3) is 5.30. The lowest BCUT2D eigenvalue weighted by atomic mass is 10.0. The molecule has 0 fully saturated rings. The van der Waals surface area contributed by atoms with Gasteiger partial charge in [0, 0.05) is 33.5 Å². The van der Waals surface area contributed by atoms with Gasteiger partial charge in [-0.25, -0.2) is 0 Å². The van der Waals surface area contributed by atoms with Crippen LogP contribution in [0.4, 0.5) is 17.1 Å². The van der Waals surface area contributed by atoms with Gasteiger partial charge in [-0.3, -0.25) is 0 Å². The van der Waals surface area contributed by atoms with Gasteiger partial charge in [0.2, 0.25) is 0 Å². The lowest BCUT2D eigenvalue weighted by Crippen LogP contribution is -2.09. The Morgan fingerprint density at radius 2 is 0.788 bits per heavy atom. The van der Waals surface area contributed by atoms with Crippen molar-refractivity contribution in [2.24, 2.45) is 0 Å². The molecular formula is C50H34N2. The molecule has 1 heterocycles. The smallest absolute Gasteiger partial charge is 0.0541 e. The van der Waals surface area contributed by atoms with Gasteiger partial charge in [-0.15, -0.1) is 0 Å². The molecule has 244 valence electrons. The first kappa shape index (κ1) is 30.0. The van der Waals surface area contributed by atoms with E-state index in [1.54, 1.807) is 0 Å². The van der Waals surface area contributed by atoms with Gasteiger partial charge in [0.25, 0.3) is 0 Å². The van der Waals surface area contributed by atoms with Crippen LogP contribution in [0.3, 0.4) is 0 Å². The second kappa shape index (κ2) is 12.5. The summed E-state index contributed by atoms with van der Waals surface area (Å²) in [4.78, 5) is 2.34. The van der Waals surface area contributed by atoms with Crippen molar-refractivity contribution in [3.05, 3.63) is 205 Å². The van der Waals surface area contributed by atoms with Crippen molar-refractivity contribution < 1.29 is 0 Å². The highest BCUT2D eigenvalue weighted by Gasteiger charge is 2.14. The number of fused-ring (bicyclic) bond motifs is 6. The van der Waals surface area contributed by atoms with Gasteiger partial charge in [0.15, 0.2) is 0 Å². The third-order valence-corrected chi connectivity index (χ3v) is 10.3. The van der Waals surface area contributed by atoms with Crippen LogP contribution in [0, 0.1) is 0 Å². The molecule has 1 aromatic heterocycles. The Morgan fingerprint density at radius 3 is 1.44 bits per heavy atom. The highest BCUT2D eigenvalue weighted by molar-refractivity contribution is 6.09. The van der Waals surface area contributed by atoms with Crippen molar-refractivity contribution in [3.8, 4) is 5.69 Å². The van der Waals surface area contributed by atoms with Crippen molar-refractivity contribution in [2.45, 2.75) is 0 Å². The quantitative estimate of drug-likeness (QED) is 0.161. The second-order valence-corrected chi connectivity index (χ2v) is 13.5. The zero-order valence-corrected chi connectivity index (χ0v) is 28.5. The van der Waals surface area contributed by atoms with E-state index in [9.17, 15) is 0 Å². The molecule has 9 aromatic carbocycles. The Bertz CT molecular complexity index is 2910. The Hall–Kier alpha value is -6.90. The molecule has 0 aliphatic rings. The SMILES string of the molecule is C(=Cc1ccc2cc(-n3c4ccccc4c4ccccc43)ccc2c1)c1ccc2cc(N(c3ccccc3)c3ccc4ccccc4c3)ccc2c1. The average Bonchev–Trinajstić information content (AvgIpc) is 3.54. The first-order valence-corrected chi connectivity index (χ1v) is 17.8. The number of nitrogens with zero attached hydrogens (tertiary/aromatic N) is 2. The number of para-hydroxylation sites is 3. The fraction of sp³-hybridized carbons (Fsp3) is 0. The van der Waals surface area contributed by atoms with E-state index in [2.05, 4.69) is 216 Å². The van der Waals surface area contributed by atoms with E-state index in [4.69, 9.17) is 0 Å². The van der Waals surface area contributed by atoms with E-state index in [1.165, 1.54) is 70.9 Å². The van der Waals surface area contributed by atoms with Crippen molar-refractivity contribution in [1.82, 2.24) is 4.57 Å². The lowest BCUT2D eigenvalue weighted by Gasteiger charge is -2.26. The number of benzene rings is 9. The van der Waals surface area contributed by atoms with Crippen LogP contribution in [-0.4, -0.2) is 4.57 Å². The van der Waals surface area contributed by atoms with Crippen LogP contribution in [0.5, 0.6) is 0 Å². The van der Waals surface area contributed by atoms with E-state index in [1.807, 2.05) is 0 Å². The molecule has 52 heavy (non-hydrogen) atoms. The number of hydrogen-bond acceptors (Lipinski definition) is 1. The summed E-state index contributed by atoms with van der Waals surface area (Å²) in [6.07, 6.45) is 4.43. The Kier molecular flexibility index (Phi) is 7.18. The summed E-state index contributed by atoms with van der Waals surface area (Å²) in [6.45, 7) is 0. The molecule has 0 atom stereocenters. The molecule has 2 nitrogen and oxygen atoms in total. The lowest BCUT2D eigenvalue weighted by molar-refractivity contribution is 1.19. The van der Waals surface area contributed by atoms with Crippen LogP contribution in [0.2, 0.25) is 0 Å². The number of aromatic nitrogens is 1. The standard InChI is InChI=1S/C50H34N2/c1-2-12-43(13-3-1)51(44-27-24-37-10-4-5-11-38(37)32-44)45-28-25-39-30-35(20-22-41(39)33-45)18-19-36-21-23-42-34-46(29-26-40(42)31-36)52-49-16-8-6-14-47(49)48-15-7-9-17-50(48)52/h1-34H. The van der Waals surface area contributed by atoms with E-state index in [0.717, 1.165) is 17.1 Å². The monoisotopic (exact) mass is 662 g/mol. The molecule has 0 amide bonds. The Morgan fingerprint density at radius 1 is 0.327 bits per heavy atom. The number of hydrogen-bond donors (Lipinski definition) is 0. The maximum atomic E-state index is 2.38. The summed E-state index contributed by atoms with van der Waals surface area (Å²) >= 11 is 0. The zero-order chi connectivity index (χ0) is 34.4. The van der Waals surface area contributed by atoms with Crippen molar-refractivity contribution in [1.29, 1.82) is 0 Å². The minimum absolute atomic E-state index is 1.13. The minimum Gasteiger partial charge on any atom is -0.310 e. The second-order valence-electron chi connectivity index (χ2n) is 13.5. The summed E-state index contributed by atoms with van der Waals surface area (Å²) < 4.78 is 2.38. The number of anilines is 3. The molecule has 2 heteroatoms. The maximum Gasteiger partial charge on any atom is 0.0541 e. The van der Waals surface area contributed by atoms with Crippen LogP contribution in [0.25, 0.3) is 72.0 Å². The molecule has 0 radical (unpaired) electrons. The van der Waals surface area contributed by atoms with Crippen LogP contribution in [0.15, 0.2) is 194 Å². The van der Waals surface area contributed by atoms with Crippen molar-refractivity contribution in [2.75, 3.05) is 4.90 Å². The van der Waals surface area contributed by atoms with Gasteiger partial charge >= 0.3 is 0 Å². The first-order valence-electron chi connectivity index (χ1n) is 17.8. The van der Waals surface area contributed by atoms with Crippen molar-refractivity contribution >= 4 is 83.3 Å². The van der Waals surface area contributed by atoms with Gasteiger partial charge in [-0.1, -0.05) is 133 Å². The van der Waals surface area contributed by atoms with Crippen LogP contribution in [-0.2, 0) is 0 Å². The highest BCUT2D eigenvalue weighted by Crippen LogP contribution is 2.38. The molecule has 0 aliphatic heterocycles. The van der Waals surface area contributed by atoms with E-state index >= 15 is 0 Å². The molecule has 10 aromatic rings. The van der Waals surface area contributed by atoms with E-state index < -0.39 is 0 Å². The normalized spacial score (nSPS) is 11.8. The molecular weight excluding hydrogens is 629 g/mol. The molecule has 0 N–H and O–H groups in total. The van der Waals surface area contributed by atoms with Gasteiger partial charge in [0.1, 0.15) is 0 Å². The van der Waals surface area contributed by atoms with E-state index in [0.29, 0.717) is 0 Å². The predicted molar refractivity (Wildman–Crippen MR) is 223 cm³/mol. The van der Waals surface area contributed by atoms with Crippen LogP contribution >= 0.6 is 0 Å². The largest absolute Gasteiger partial charge is 0.310 e. The molecule has 0 bridgehead atoms. The summed E-state index contributed by atoms with van der Waals surface area (Å²) in [5, 5.41) is 9.92. The molecule has 0 saturated carbocycles. The van der Waals surface area contributed by atoms with Crippen LogP contribution in [0.1, 0.15) is 11.1 Å². The predicted octanol–water partition coefficient (Wildman–Crippen LogP) is 13.9. The highest BCUT2D eigenvalue weighted by atomic mass is 15.1. The fourth-order valence-corrected chi connectivity index (χ4v) is 7.72. The molecule has 0 aliphatic carbocycles. The summed E-state index contributed by atoms with van der Waals surface area (Å²) in [5.74, 6) is 0. The zero-order valence-electron chi connectivity index (χ0n) is 28.5. The Balaban J connectivity index is 0.945. The number of rotatable bonds is 6. The molecule has 0 spiro atoms. The molecule has 0 unspecified atom stereocenters. The summed E-state index contributed by atoms with van der Waals surface area (Å²) in [5.41, 5.74) is 9.40. The Labute approximate surface area is 302 Å². The average molecular weight is 663 g/mol. The maximum absolute atomic E-state index is 2.38. The fourth-order valence-electron chi connectivity index (χ4n) is 7.72. The van der Waals surface area contributed by atoms with Crippen molar-refractivity contribution in [3.63, 3.8) is 0 Å². The third-order valence-electron chi connectivity index (χ3n) is 10.3. The van der Waals surface area contributed by atoms with Gasteiger partial charge < -0.3 is 9.47 Å². The summed E-state index contributed by atoms with van der Waals surface area (Å²) in [6, 6.07) is 70.2. The van der Waals surface area contributed by atoms with E-state index in [-0.39, 0.29) is 0 Å². The molecule has 10 rings (SSSR count). The van der Waals surface area contributed by atoms with Gasteiger partial charge in [0.05, 0.1) is 11.0 Å². The van der Waals surface area contributed by atoms with Crippen LogP contribution < -0.4 is 4.90 Å². The summed E-state index contributed by atoms with van der Waals surface area (Å²) in [7, 11) is 0. The van der Waals surface area contributed by atoms with Gasteiger partial charge in [-0.05, 0) is 116 Å². The molecule has 0 saturated heterocycles. The first-order chi connectivity index (χ1) is 25.7. The minimum atomic E-state index is 1.13. The topological polar surface area (TPSA) is 8.17 Å².